The second kappa shape index (κ2) is 6.72. The van der Waals surface area contributed by atoms with E-state index in [-0.39, 0.29) is 22.9 Å². The SMILES string of the molecule is CCCC1C[N+](C)([O-])C(CCC)C(CCC)O1. The van der Waals surface area contributed by atoms with Crippen LogP contribution < -0.4 is 0 Å². The Bertz CT molecular complexity index is 218. The summed E-state index contributed by atoms with van der Waals surface area (Å²) in [5.74, 6) is 0. The Kier molecular flexibility index (Phi) is 5.90. The number of hydrogen-bond donors (Lipinski definition) is 0. The summed E-state index contributed by atoms with van der Waals surface area (Å²) in [6.45, 7) is 7.12. The van der Waals surface area contributed by atoms with Gasteiger partial charge in [-0.15, -0.1) is 0 Å². The van der Waals surface area contributed by atoms with E-state index in [2.05, 4.69) is 20.8 Å². The molecule has 0 aromatic carbocycles. The average molecular weight is 243 g/mol. The number of rotatable bonds is 6. The maximum absolute atomic E-state index is 12.7. The van der Waals surface area contributed by atoms with Gasteiger partial charge in [-0.25, -0.2) is 0 Å². The van der Waals surface area contributed by atoms with E-state index in [9.17, 15) is 5.21 Å². The Labute approximate surface area is 106 Å². The molecule has 1 saturated heterocycles. The van der Waals surface area contributed by atoms with Crippen LogP contribution in [-0.4, -0.2) is 36.5 Å². The van der Waals surface area contributed by atoms with Crippen LogP contribution >= 0.6 is 0 Å². The quantitative estimate of drug-likeness (QED) is 0.528. The van der Waals surface area contributed by atoms with Crippen molar-refractivity contribution in [1.29, 1.82) is 0 Å². The van der Waals surface area contributed by atoms with E-state index in [0.29, 0.717) is 6.54 Å². The first-order valence-electron chi connectivity index (χ1n) is 7.26. The number of quaternary nitrogens is 1. The fraction of sp³-hybridized carbons (Fsp3) is 1.00. The Morgan fingerprint density at radius 2 is 1.65 bits per heavy atom. The fourth-order valence-corrected chi connectivity index (χ4v) is 3.05. The summed E-state index contributed by atoms with van der Waals surface area (Å²) in [6.07, 6.45) is 6.66. The zero-order chi connectivity index (χ0) is 12.9. The van der Waals surface area contributed by atoms with E-state index < -0.39 is 0 Å². The molecular formula is C14H29NO2. The van der Waals surface area contributed by atoms with Crippen molar-refractivity contribution >= 4 is 0 Å². The predicted molar refractivity (Wildman–Crippen MR) is 71.6 cm³/mol. The molecule has 0 aliphatic carbocycles. The molecule has 1 fully saturated rings. The summed E-state index contributed by atoms with van der Waals surface area (Å²) >= 11 is 0. The minimum atomic E-state index is -0.0941. The van der Waals surface area contributed by atoms with Crippen LogP contribution in [0.2, 0.25) is 0 Å². The molecule has 0 aromatic rings. The van der Waals surface area contributed by atoms with Crippen LogP contribution in [-0.2, 0) is 4.74 Å². The van der Waals surface area contributed by atoms with Crippen LogP contribution in [0.1, 0.15) is 59.3 Å². The number of likely N-dealkylation sites (N-methyl/N-ethyl adjacent to an activating group) is 1. The summed E-state index contributed by atoms with van der Waals surface area (Å²) in [4.78, 5) is 0. The standard InChI is InChI=1S/C14H29NO2/c1-5-8-12-11-15(4,16)13(9-6-2)14(17-12)10-7-3/h12-14H,5-11H2,1-4H3. The first-order valence-corrected chi connectivity index (χ1v) is 7.26. The molecule has 0 radical (unpaired) electrons. The van der Waals surface area contributed by atoms with Crippen molar-refractivity contribution in [3.63, 3.8) is 0 Å². The number of hydroxylamine groups is 3. The van der Waals surface area contributed by atoms with Crippen molar-refractivity contribution in [1.82, 2.24) is 0 Å². The lowest BCUT2D eigenvalue weighted by molar-refractivity contribution is -0.904. The van der Waals surface area contributed by atoms with Gasteiger partial charge in [-0.05, 0) is 12.8 Å². The molecule has 1 aliphatic heterocycles. The molecule has 0 amide bonds. The van der Waals surface area contributed by atoms with Gasteiger partial charge < -0.3 is 14.6 Å². The minimum Gasteiger partial charge on any atom is -0.633 e. The highest BCUT2D eigenvalue weighted by molar-refractivity contribution is 4.79. The van der Waals surface area contributed by atoms with E-state index in [0.717, 1.165) is 38.5 Å². The Morgan fingerprint density at radius 3 is 2.18 bits per heavy atom. The van der Waals surface area contributed by atoms with Gasteiger partial charge >= 0.3 is 0 Å². The highest BCUT2D eigenvalue weighted by Crippen LogP contribution is 2.30. The fourth-order valence-electron chi connectivity index (χ4n) is 3.05. The van der Waals surface area contributed by atoms with Gasteiger partial charge in [0, 0.05) is 6.42 Å². The molecule has 4 unspecified atom stereocenters. The second-order valence-corrected chi connectivity index (χ2v) is 5.59. The van der Waals surface area contributed by atoms with Crippen LogP contribution in [0.5, 0.6) is 0 Å². The molecule has 0 spiro atoms. The summed E-state index contributed by atoms with van der Waals surface area (Å²) in [7, 11) is 1.84. The molecule has 0 N–H and O–H groups in total. The lowest BCUT2D eigenvalue weighted by atomic mass is 9.96. The highest BCUT2D eigenvalue weighted by atomic mass is 16.6. The molecule has 17 heavy (non-hydrogen) atoms. The van der Waals surface area contributed by atoms with Crippen LogP contribution in [0, 0.1) is 5.21 Å². The Hall–Kier alpha value is -0.120. The Morgan fingerprint density at radius 1 is 1.06 bits per heavy atom. The van der Waals surface area contributed by atoms with Gasteiger partial charge in [0.05, 0.1) is 7.05 Å². The van der Waals surface area contributed by atoms with E-state index in [1.165, 1.54) is 0 Å². The predicted octanol–water partition coefficient (Wildman–Crippen LogP) is 3.47. The van der Waals surface area contributed by atoms with Gasteiger partial charge in [0.15, 0.2) is 0 Å². The van der Waals surface area contributed by atoms with Crippen molar-refractivity contribution in [2.45, 2.75) is 77.5 Å². The molecule has 3 heteroatoms. The van der Waals surface area contributed by atoms with Crippen molar-refractivity contribution in [2.24, 2.45) is 0 Å². The second-order valence-electron chi connectivity index (χ2n) is 5.59. The van der Waals surface area contributed by atoms with Crippen molar-refractivity contribution in [2.75, 3.05) is 13.6 Å². The molecule has 0 saturated carbocycles. The first kappa shape index (κ1) is 14.9. The maximum atomic E-state index is 12.7. The minimum absolute atomic E-state index is 0.0941. The van der Waals surface area contributed by atoms with Gasteiger partial charge in [0.2, 0.25) is 0 Å². The summed E-state index contributed by atoms with van der Waals surface area (Å²) in [5, 5.41) is 12.7. The van der Waals surface area contributed by atoms with Gasteiger partial charge in [-0.1, -0.05) is 40.0 Å². The van der Waals surface area contributed by atoms with Crippen molar-refractivity contribution in [3.05, 3.63) is 5.21 Å². The smallest absolute Gasteiger partial charge is 0.115 e. The lowest BCUT2D eigenvalue weighted by Gasteiger charge is -2.54. The van der Waals surface area contributed by atoms with Crippen molar-refractivity contribution in [3.8, 4) is 0 Å². The number of morpholine rings is 1. The number of ether oxygens (including phenoxy) is 1. The molecule has 102 valence electrons. The molecule has 3 nitrogen and oxygen atoms in total. The van der Waals surface area contributed by atoms with Gasteiger partial charge in [0.1, 0.15) is 24.8 Å². The average Bonchev–Trinajstić information content (AvgIpc) is 2.23. The third-order valence-corrected chi connectivity index (χ3v) is 3.83. The molecule has 0 aromatic heterocycles. The molecular weight excluding hydrogens is 214 g/mol. The zero-order valence-electron chi connectivity index (χ0n) is 11.9. The molecule has 1 heterocycles. The van der Waals surface area contributed by atoms with E-state index in [1.54, 1.807) is 0 Å². The van der Waals surface area contributed by atoms with Crippen LogP contribution in [0.15, 0.2) is 0 Å². The van der Waals surface area contributed by atoms with Gasteiger partial charge in [0.25, 0.3) is 0 Å². The Balaban J connectivity index is 2.73. The zero-order valence-corrected chi connectivity index (χ0v) is 11.9. The van der Waals surface area contributed by atoms with E-state index in [1.807, 2.05) is 7.05 Å². The van der Waals surface area contributed by atoms with Gasteiger partial charge in [-0.2, -0.15) is 0 Å². The van der Waals surface area contributed by atoms with Crippen LogP contribution in [0.25, 0.3) is 0 Å². The van der Waals surface area contributed by atoms with Crippen molar-refractivity contribution < 1.29 is 9.38 Å². The normalized spacial score (nSPS) is 38.3. The maximum Gasteiger partial charge on any atom is 0.115 e. The van der Waals surface area contributed by atoms with Gasteiger partial charge in [-0.3, -0.25) is 0 Å². The molecule has 0 bridgehead atoms. The third-order valence-electron chi connectivity index (χ3n) is 3.83. The largest absolute Gasteiger partial charge is 0.633 e. The van der Waals surface area contributed by atoms with Crippen LogP contribution in [0.3, 0.4) is 0 Å². The van der Waals surface area contributed by atoms with E-state index in [4.69, 9.17) is 4.74 Å². The lowest BCUT2D eigenvalue weighted by Crippen LogP contribution is -2.62. The molecule has 1 aliphatic rings. The molecule has 4 atom stereocenters. The summed E-state index contributed by atoms with van der Waals surface area (Å²) in [5.41, 5.74) is 0. The topological polar surface area (TPSA) is 32.3 Å². The third kappa shape index (κ3) is 3.94. The van der Waals surface area contributed by atoms with E-state index >= 15 is 0 Å². The first-order chi connectivity index (χ1) is 8.05. The monoisotopic (exact) mass is 243 g/mol. The number of nitrogens with zero attached hydrogens (tertiary/aromatic N) is 1. The number of hydrogen-bond acceptors (Lipinski definition) is 2. The highest BCUT2D eigenvalue weighted by Gasteiger charge is 2.40. The summed E-state index contributed by atoms with van der Waals surface area (Å²) < 4.78 is 6.06. The summed E-state index contributed by atoms with van der Waals surface area (Å²) in [6, 6.07) is 0.146. The van der Waals surface area contributed by atoms with Crippen LogP contribution in [0.4, 0.5) is 0 Å². The molecule has 1 rings (SSSR count).